The lowest BCUT2D eigenvalue weighted by atomic mass is 10.0. The summed E-state index contributed by atoms with van der Waals surface area (Å²) in [6.07, 6.45) is 2.62. The summed E-state index contributed by atoms with van der Waals surface area (Å²) in [5.41, 5.74) is 2.16. The molecular formula is C36H36N4O6S3. The van der Waals surface area contributed by atoms with Crippen LogP contribution in [0.2, 0.25) is 0 Å². The molecular weight excluding hydrogens is 681 g/mol. The van der Waals surface area contributed by atoms with Gasteiger partial charge in [0.2, 0.25) is 11.8 Å². The number of esters is 1. The molecule has 254 valence electrons. The maximum Gasteiger partial charge on any atom is 0.341 e. The highest BCUT2D eigenvalue weighted by atomic mass is 32.2. The number of amides is 4. The van der Waals surface area contributed by atoms with Gasteiger partial charge in [-0.1, -0.05) is 37.3 Å². The van der Waals surface area contributed by atoms with Crippen LogP contribution < -0.4 is 16.0 Å². The highest BCUT2D eigenvalue weighted by molar-refractivity contribution is 8.00. The van der Waals surface area contributed by atoms with Crippen molar-refractivity contribution >= 4 is 80.8 Å². The first-order chi connectivity index (χ1) is 23.7. The standard InChI is InChI=1S/C36H36N4O6S3/c1-4-29(34(44)39-35-31(36(45)46-5-2)27-16-17-40(22(3)41)21-30(27)49-35)48-26-14-9-13-24(19-26)37-33(43)28(20-25-15-10-18-47-25)38-32(42)23-11-7-6-8-12-23/h6-15,18-20,29H,4-5,16-17,21H2,1-3H3,(H,37,43)(H,38,42)(H,39,44)/b28-20-. The molecule has 3 N–H and O–H groups in total. The van der Waals surface area contributed by atoms with Gasteiger partial charge >= 0.3 is 5.97 Å². The van der Waals surface area contributed by atoms with Crippen molar-refractivity contribution in [3.8, 4) is 0 Å². The maximum absolute atomic E-state index is 13.6. The van der Waals surface area contributed by atoms with Crippen LogP contribution in [0.4, 0.5) is 10.7 Å². The Balaban J connectivity index is 1.30. The zero-order valence-corrected chi connectivity index (χ0v) is 29.7. The molecule has 0 bridgehead atoms. The molecule has 1 unspecified atom stereocenters. The van der Waals surface area contributed by atoms with Crippen LogP contribution in [0.1, 0.15) is 63.2 Å². The van der Waals surface area contributed by atoms with Crippen molar-refractivity contribution in [3.63, 3.8) is 0 Å². The fourth-order valence-electron chi connectivity index (χ4n) is 5.16. The summed E-state index contributed by atoms with van der Waals surface area (Å²) >= 11 is 4.06. The van der Waals surface area contributed by atoms with E-state index in [1.54, 1.807) is 60.4 Å². The van der Waals surface area contributed by atoms with Gasteiger partial charge in [-0.3, -0.25) is 19.2 Å². The molecule has 13 heteroatoms. The second-order valence-corrected chi connectivity index (χ2v) is 14.4. The number of hydrogen-bond donors (Lipinski definition) is 3. The third kappa shape index (κ3) is 9.05. The predicted octanol–water partition coefficient (Wildman–Crippen LogP) is 6.81. The van der Waals surface area contributed by atoms with E-state index in [-0.39, 0.29) is 24.1 Å². The fourth-order valence-corrected chi connectivity index (χ4v) is 8.09. The smallest absolute Gasteiger partial charge is 0.341 e. The molecule has 0 fully saturated rings. The van der Waals surface area contributed by atoms with Crippen LogP contribution in [-0.4, -0.2) is 52.9 Å². The van der Waals surface area contributed by atoms with Crippen molar-refractivity contribution in [2.24, 2.45) is 0 Å². The summed E-state index contributed by atoms with van der Waals surface area (Å²) in [4.78, 5) is 69.2. The van der Waals surface area contributed by atoms with E-state index >= 15 is 0 Å². The van der Waals surface area contributed by atoms with E-state index in [2.05, 4.69) is 16.0 Å². The molecule has 4 aromatic rings. The molecule has 0 radical (unpaired) electrons. The van der Waals surface area contributed by atoms with E-state index in [0.29, 0.717) is 47.7 Å². The lowest BCUT2D eigenvalue weighted by Gasteiger charge is -2.25. The van der Waals surface area contributed by atoms with Crippen LogP contribution in [0.5, 0.6) is 0 Å². The van der Waals surface area contributed by atoms with Gasteiger partial charge in [-0.05, 0) is 73.2 Å². The molecule has 1 atom stereocenters. The van der Waals surface area contributed by atoms with Gasteiger partial charge in [0.05, 0.1) is 24.0 Å². The molecule has 4 amide bonds. The first kappa shape index (κ1) is 35.6. The van der Waals surface area contributed by atoms with Crippen LogP contribution in [0.3, 0.4) is 0 Å². The number of nitrogens with one attached hydrogen (secondary N) is 3. The molecule has 5 rings (SSSR count). The molecule has 0 saturated heterocycles. The molecule has 2 aromatic carbocycles. The van der Waals surface area contributed by atoms with E-state index in [1.807, 2.05) is 36.6 Å². The van der Waals surface area contributed by atoms with Gasteiger partial charge in [0, 0.05) is 39.4 Å². The zero-order chi connectivity index (χ0) is 34.9. The Labute approximate surface area is 296 Å². The van der Waals surface area contributed by atoms with Crippen molar-refractivity contribution in [1.82, 2.24) is 10.2 Å². The highest BCUT2D eigenvalue weighted by Gasteiger charge is 2.31. The quantitative estimate of drug-likeness (QED) is 0.0834. The molecule has 1 aliphatic heterocycles. The van der Waals surface area contributed by atoms with Crippen molar-refractivity contribution in [2.75, 3.05) is 23.8 Å². The van der Waals surface area contributed by atoms with Crippen LogP contribution >= 0.6 is 34.4 Å². The van der Waals surface area contributed by atoms with E-state index in [4.69, 9.17) is 4.74 Å². The molecule has 0 saturated carbocycles. The van der Waals surface area contributed by atoms with Gasteiger partial charge in [-0.2, -0.15) is 0 Å². The third-order valence-corrected chi connectivity index (χ3v) is 10.9. The Hall–Kier alpha value is -4.72. The number of fused-ring (bicyclic) bond motifs is 1. The van der Waals surface area contributed by atoms with Gasteiger partial charge in [-0.15, -0.1) is 34.4 Å². The monoisotopic (exact) mass is 716 g/mol. The molecule has 1 aliphatic rings. The number of nitrogens with zero attached hydrogens (tertiary/aromatic N) is 1. The van der Waals surface area contributed by atoms with Gasteiger partial charge in [0.1, 0.15) is 10.7 Å². The average molecular weight is 717 g/mol. The number of carbonyl (C=O) groups excluding carboxylic acids is 5. The number of ether oxygens (including phenoxy) is 1. The highest BCUT2D eigenvalue weighted by Crippen LogP contribution is 2.39. The summed E-state index contributed by atoms with van der Waals surface area (Å²) in [5, 5.41) is 10.4. The van der Waals surface area contributed by atoms with E-state index in [9.17, 15) is 24.0 Å². The first-order valence-corrected chi connectivity index (χ1v) is 18.3. The van der Waals surface area contributed by atoms with Gasteiger partial charge in [-0.25, -0.2) is 4.79 Å². The SMILES string of the molecule is CCOC(=O)c1c(NC(=O)C(CC)Sc2cccc(NC(=O)/C(=C/c3cccs3)NC(=O)c3ccccc3)c2)sc2c1CCN(C(C)=O)C2. The van der Waals surface area contributed by atoms with Crippen molar-refractivity contribution in [1.29, 1.82) is 0 Å². The Kier molecular flexibility index (Phi) is 12.1. The Morgan fingerprint density at radius 1 is 1.00 bits per heavy atom. The van der Waals surface area contributed by atoms with E-state index in [0.717, 1.165) is 20.2 Å². The normalized spacial score (nSPS) is 13.2. The third-order valence-electron chi connectivity index (χ3n) is 7.61. The van der Waals surface area contributed by atoms with E-state index in [1.165, 1.54) is 41.4 Å². The molecule has 10 nitrogen and oxygen atoms in total. The minimum absolute atomic E-state index is 0.0464. The van der Waals surface area contributed by atoms with Crippen LogP contribution in [0, 0.1) is 0 Å². The second-order valence-electron chi connectivity index (χ2n) is 11.0. The van der Waals surface area contributed by atoms with Crippen molar-refractivity contribution < 1.29 is 28.7 Å². The number of thiophene rings is 2. The summed E-state index contributed by atoms with van der Waals surface area (Å²) < 4.78 is 5.34. The minimum atomic E-state index is -0.520. The van der Waals surface area contributed by atoms with Gasteiger partial charge in [0.15, 0.2) is 0 Å². The van der Waals surface area contributed by atoms with Crippen LogP contribution in [-0.2, 0) is 32.1 Å². The molecule has 3 heterocycles. The molecule has 0 aliphatic carbocycles. The van der Waals surface area contributed by atoms with Crippen LogP contribution in [0.15, 0.2) is 82.7 Å². The second kappa shape index (κ2) is 16.6. The summed E-state index contributed by atoms with van der Waals surface area (Å²) in [6.45, 7) is 6.21. The lowest BCUT2D eigenvalue weighted by Crippen LogP contribution is -2.34. The van der Waals surface area contributed by atoms with Crippen LogP contribution in [0.25, 0.3) is 6.08 Å². The number of rotatable bonds is 12. The summed E-state index contributed by atoms with van der Waals surface area (Å²) in [5.74, 6) is -1.73. The Morgan fingerprint density at radius 3 is 2.49 bits per heavy atom. The predicted molar refractivity (Wildman–Crippen MR) is 195 cm³/mol. The topological polar surface area (TPSA) is 134 Å². The first-order valence-electron chi connectivity index (χ1n) is 15.7. The fraction of sp³-hybridized carbons (Fsp3) is 0.250. The number of anilines is 2. The number of carbonyl (C=O) groups is 5. The van der Waals surface area contributed by atoms with E-state index < -0.39 is 23.0 Å². The molecule has 49 heavy (non-hydrogen) atoms. The molecule has 2 aromatic heterocycles. The maximum atomic E-state index is 13.6. The zero-order valence-electron chi connectivity index (χ0n) is 27.2. The number of thioether (sulfide) groups is 1. The summed E-state index contributed by atoms with van der Waals surface area (Å²) in [7, 11) is 0. The number of benzene rings is 2. The Bertz CT molecular complexity index is 1870. The lowest BCUT2D eigenvalue weighted by molar-refractivity contribution is -0.129. The van der Waals surface area contributed by atoms with Crippen molar-refractivity contribution in [3.05, 3.63) is 104 Å². The largest absolute Gasteiger partial charge is 0.462 e. The number of hydrogen-bond acceptors (Lipinski definition) is 9. The summed E-state index contributed by atoms with van der Waals surface area (Å²) in [6, 6.07) is 19.5. The van der Waals surface area contributed by atoms with Gasteiger partial charge < -0.3 is 25.6 Å². The van der Waals surface area contributed by atoms with Crippen molar-refractivity contribution in [2.45, 2.75) is 50.3 Å². The molecule has 0 spiro atoms. The minimum Gasteiger partial charge on any atom is -0.462 e. The van der Waals surface area contributed by atoms with Gasteiger partial charge in [0.25, 0.3) is 11.8 Å². The average Bonchev–Trinajstić information content (AvgIpc) is 3.74. The Morgan fingerprint density at radius 2 is 1.80 bits per heavy atom.